The molecule has 5 heteroatoms. The standard InChI is InChI=1S/C20H25N3O2/c1-15-21-9-10-22(15)13-19(25)23-17-7-8-18(23)20(12-17,14-24)11-16-5-3-2-4-6-16/h2-6,9-10,17-18,24H,7-8,11-14H2,1H3/t17-,18+,20-/m1/s1. The number of aliphatic hydroxyl groups is 1. The number of hydrogen-bond donors (Lipinski definition) is 1. The van der Waals surface area contributed by atoms with Crippen LogP contribution in [0.2, 0.25) is 0 Å². The summed E-state index contributed by atoms with van der Waals surface area (Å²) in [5, 5.41) is 10.2. The van der Waals surface area contributed by atoms with E-state index in [1.807, 2.05) is 35.9 Å². The number of fused-ring (bicyclic) bond motifs is 2. The summed E-state index contributed by atoms with van der Waals surface area (Å²) in [4.78, 5) is 19.2. The first-order chi connectivity index (χ1) is 12.1. The highest BCUT2D eigenvalue weighted by Gasteiger charge is 2.56. The highest BCUT2D eigenvalue weighted by atomic mass is 16.3. The van der Waals surface area contributed by atoms with Crippen LogP contribution < -0.4 is 0 Å². The Morgan fingerprint density at radius 2 is 2.12 bits per heavy atom. The first-order valence-corrected chi connectivity index (χ1v) is 9.07. The Labute approximate surface area is 148 Å². The summed E-state index contributed by atoms with van der Waals surface area (Å²) in [6.07, 6.45) is 7.36. The van der Waals surface area contributed by atoms with Crippen LogP contribution in [0.3, 0.4) is 0 Å². The number of rotatable bonds is 5. The zero-order valence-corrected chi connectivity index (χ0v) is 14.6. The highest BCUT2D eigenvalue weighted by molar-refractivity contribution is 5.78. The Kier molecular flexibility index (Phi) is 4.12. The van der Waals surface area contributed by atoms with Crippen molar-refractivity contribution in [1.82, 2.24) is 14.5 Å². The molecular weight excluding hydrogens is 314 g/mol. The lowest BCUT2D eigenvalue weighted by atomic mass is 9.70. The van der Waals surface area contributed by atoms with E-state index in [9.17, 15) is 9.90 Å². The van der Waals surface area contributed by atoms with Crippen LogP contribution in [0.1, 0.15) is 30.7 Å². The van der Waals surface area contributed by atoms with Crippen molar-refractivity contribution in [3.8, 4) is 0 Å². The number of carbonyl (C=O) groups excluding carboxylic acids is 1. The van der Waals surface area contributed by atoms with Gasteiger partial charge in [-0.1, -0.05) is 30.3 Å². The molecular formula is C20H25N3O2. The third-order valence-corrected chi connectivity index (χ3v) is 6.08. The maximum Gasteiger partial charge on any atom is 0.243 e. The molecule has 0 unspecified atom stereocenters. The predicted octanol–water partition coefficient (Wildman–Crippen LogP) is 2.18. The average Bonchev–Trinajstić information content (AvgIpc) is 3.30. The lowest BCUT2D eigenvalue weighted by Gasteiger charge is -2.36. The minimum absolute atomic E-state index is 0.136. The second-order valence-corrected chi connectivity index (χ2v) is 7.54. The van der Waals surface area contributed by atoms with Crippen LogP contribution in [0.5, 0.6) is 0 Å². The molecule has 3 heterocycles. The molecule has 4 rings (SSSR count). The van der Waals surface area contributed by atoms with Gasteiger partial charge in [0.25, 0.3) is 0 Å². The molecule has 3 atom stereocenters. The van der Waals surface area contributed by atoms with Gasteiger partial charge in [-0.3, -0.25) is 4.79 Å². The van der Waals surface area contributed by atoms with Crippen molar-refractivity contribution in [2.45, 2.75) is 51.2 Å². The van der Waals surface area contributed by atoms with Crippen LogP contribution in [0.15, 0.2) is 42.7 Å². The topological polar surface area (TPSA) is 58.4 Å². The van der Waals surface area contributed by atoms with Crippen molar-refractivity contribution in [3.05, 3.63) is 54.1 Å². The zero-order valence-electron chi connectivity index (χ0n) is 14.6. The molecule has 1 aromatic carbocycles. The van der Waals surface area contributed by atoms with Gasteiger partial charge in [0, 0.05) is 29.9 Å². The molecule has 2 aliphatic rings. The number of aromatic nitrogens is 2. The largest absolute Gasteiger partial charge is 0.396 e. The summed E-state index contributed by atoms with van der Waals surface area (Å²) in [7, 11) is 0. The van der Waals surface area contributed by atoms with Gasteiger partial charge in [-0.15, -0.1) is 0 Å². The number of hydrogen-bond acceptors (Lipinski definition) is 3. The summed E-state index contributed by atoms with van der Waals surface area (Å²) < 4.78 is 1.90. The molecule has 0 aliphatic carbocycles. The molecule has 2 aliphatic heterocycles. The lowest BCUT2D eigenvalue weighted by Crippen LogP contribution is -2.44. The van der Waals surface area contributed by atoms with E-state index in [2.05, 4.69) is 22.0 Å². The molecule has 1 N–H and O–H groups in total. The van der Waals surface area contributed by atoms with Gasteiger partial charge in [0.05, 0.1) is 6.61 Å². The molecule has 5 nitrogen and oxygen atoms in total. The Morgan fingerprint density at radius 1 is 1.32 bits per heavy atom. The molecule has 2 bridgehead atoms. The number of aryl methyl sites for hydroxylation is 1. The maximum absolute atomic E-state index is 13.0. The quantitative estimate of drug-likeness (QED) is 0.908. The van der Waals surface area contributed by atoms with E-state index in [1.165, 1.54) is 5.56 Å². The van der Waals surface area contributed by atoms with Crippen molar-refractivity contribution >= 4 is 5.91 Å². The van der Waals surface area contributed by atoms with E-state index in [-0.39, 0.29) is 30.0 Å². The Morgan fingerprint density at radius 3 is 2.80 bits per heavy atom. The summed E-state index contributed by atoms with van der Waals surface area (Å²) in [6, 6.07) is 10.7. The molecule has 0 spiro atoms. The van der Waals surface area contributed by atoms with Crippen LogP contribution >= 0.6 is 0 Å². The number of aliphatic hydroxyl groups excluding tert-OH is 1. The zero-order chi connectivity index (χ0) is 17.4. The lowest BCUT2D eigenvalue weighted by molar-refractivity contribution is -0.134. The van der Waals surface area contributed by atoms with E-state index in [4.69, 9.17) is 0 Å². The molecule has 0 radical (unpaired) electrons. The van der Waals surface area contributed by atoms with Crippen LogP contribution in [0, 0.1) is 12.3 Å². The van der Waals surface area contributed by atoms with Crippen molar-refractivity contribution in [2.75, 3.05) is 6.61 Å². The molecule has 25 heavy (non-hydrogen) atoms. The summed E-state index contributed by atoms with van der Waals surface area (Å²) in [6.45, 7) is 2.39. The fourth-order valence-corrected chi connectivity index (χ4v) is 4.88. The van der Waals surface area contributed by atoms with Crippen LogP contribution in [0.4, 0.5) is 0 Å². The fraction of sp³-hybridized carbons (Fsp3) is 0.500. The van der Waals surface area contributed by atoms with Gasteiger partial charge in [0.15, 0.2) is 0 Å². The van der Waals surface area contributed by atoms with Gasteiger partial charge in [-0.25, -0.2) is 4.98 Å². The van der Waals surface area contributed by atoms with Crippen LogP contribution in [0.25, 0.3) is 0 Å². The third kappa shape index (κ3) is 2.76. The number of imidazole rings is 1. The van der Waals surface area contributed by atoms with Gasteiger partial charge >= 0.3 is 0 Å². The van der Waals surface area contributed by atoms with E-state index in [0.717, 1.165) is 31.5 Å². The summed E-state index contributed by atoms with van der Waals surface area (Å²) in [5.74, 6) is 1.01. The number of nitrogens with zero attached hydrogens (tertiary/aromatic N) is 3. The SMILES string of the molecule is Cc1nccn1CC(=O)N1[C@@H]2CC[C@H]1[C@](CO)(Cc1ccccc1)C2. The van der Waals surface area contributed by atoms with Crippen LogP contribution in [-0.2, 0) is 17.8 Å². The number of benzene rings is 1. The number of amides is 1. The summed E-state index contributed by atoms with van der Waals surface area (Å²) in [5.41, 5.74) is 1.03. The molecule has 1 amide bonds. The van der Waals surface area contributed by atoms with E-state index >= 15 is 0 Å². The second-order valence-electron chi connectivity index (χ2n) is 7.54. The monoisotopic (exact) mass is 339 g/mol. The van der Waals surface area contributed by atoms with Crippen molar-refractivity contribution in [1.29, 1.82) is 0 Å². The highest BCUT2D eigenvalue weighted by Crippen LogP contribution is 2.51. The van der Waals surface area contributed by atoms with Gasteiger partial charge in [-0.2, -0.15) is 0 Å². The second kappa shape index (κ2) is 6.30. The Bertz CT molecular complexity index is 757. The van der Waals surface area contributed by atoms with Gasteiger partial charge in [0.2, 0.25) is 5.91 Å². The summed E-state index contributed by atoms with van der Waals surface area (Å²) >= 11 is 0. The average molecular weight is 339 g/mol. The minimum Gasteiger partial charge on any atom is -0.396 e. The molecule has 132 valence electrons. The first kappa shape index (κ1) is 16.3. The van der Waals surface area contributed by atoms with E-state index < -0.39 is 0 Å². The Hall–Kier alpha value is -2.14. The smallest absolute Gasteiger partial charge is 0.243 e. The molecule has 1 aromatic heterocycles. The first-order valence-electron chi connectivity index (χ1n) is 9.07. The van der Waals surface area contributed by atoms with Gasteiger partial charge < -0.3 is 14.6 Å². The fourth-order valence-electron chi connectivity index (χ4n) is 4.88. The minimum atomic E-state index is -0.204. The van der Waals surface area contributed by atoms with Gasteiger partial charge in [0.1, 0.15) is 12.4 Å². The van der Waals surface area contributed by atoms with Crippen molar-refractivity contribution in [3.63, 3.8) is 0 Å². The van der Waals surface area contributed by atoms with E-state index in [0.29, 0.717) is 6.54 Å². The Balaban J connectivity index is 1.55. The molecule has 2 aromatic rings. The van der Waals surface area contributed by atoms with Crippen molar-refractivity contribution in [2.24, 2.45) is 5.41 Å². The third-order valence-electron chi connectivity index (χ3n) is 6.08. The van der Waals surface area contributed by atoms with Gasteiger partial charge in [-0.05, 0) is 38.2 Å². The predicted molar refractivity (Wildman–Crippen MR) is 94.9 cm³/mol. The molecule has 2 fully saturated rings. The maximum atomic E-state index is 13.0. The normalized spacial score (nSPS) is 27.8. The van der Waals surface area contributed by atoms with Crippen molar-refractivity contribution < 1.29 is 9.90 Å². The number of carbonyl (C=O) groups is 1. The van der Waals surface area contributed by atoms with E-state index in [1.54, 1.807) is 6.20 Å². The molecule has 2 saturated heterocycles. The molecule has 0 saturated carbocycles. The van der Waals surface area contributed by atoms with Crippen LogP contribution in [-0.4, -0.2) is 44.2 Å².